The number of carbonyl (C=O) groups is 2. The van der Waals surface area contributed by atoms with E-state index in [1.807, 2.05) is 31.2 Å². The van der Waals surface area contributed by atoms with Crippen LogP contribution >= 0.6 is 0 Å². The monoisotopic (exact) mass is 366 g/mol. The highest BCUT2D eigenvalue weighted by atomic mass is 16.5. The minimum absolute atomic E-state index is 0.0487. The summed E-state index contributed by atoms with van der Waals surface area (Å²) < 4.78 is 5.31. The van der Waals surface area contributed by atoms with Gasteiger partial charge in [0.15, 0.2) is 0 Å². The Morgan fingerprint density at radius 3 is 2.52 bits per heavy atom. The lowest BCUT2D eigenvalue weighted by Gasteiger charge is -2.20. The fourth-order valence-corrected chi connectivity index (χ4v) is 3.46. The van der Waals surface area contributed by atoms with Crippen molar-refractivity contribution in [2.75, 3.05) is 17.7 Å². The number of nitrogens with one attached hydrogen (secondary N) is 2. The van der Waals surface area contributed by atoms with E-state index in [1.165, 1.54) is 6.42 Å². The minimum atomic E-state index is -0.243. The zero-order valence-corrected chi connectivity index (χ0v) is 15.9. The van der Waals surface area contributed by atoms with E-state index in [9.17, 15) is 9.59 Å². The quantitative estimate of drug-likeness (QED) is 0.800. The summed E-state index contributed by atoms with van der Waals surface area (Å²) in [5.41, 5.74) is 2.79. The van der Waals surface area contributed by atoms with E-state index in [0.29, 0.717) is 22.7 Å². The molecule has 2 aromatic carbocycles. The molecule has 0 saturated heterocycles. The molecular formula is C22H26N2O3. The summed E-state index contributed by atoms with van der Waals surface area (Å²) in [6.45, 7) is 1.95. The van der Waals surface area contributed by atoms with Crippen LogP contribution in [0.1, 0.15) is 48.0 Å². The smallest absolute Gasteiger partial charge is 0.255 e. The molecule has 5 nitrogen and oxygen atoms in total. The van der Waals surface area contributed by atoms with Crippen molar-refractivity contribution in [1.82, 2.24) is 0 Å². The van der Waals surface area contributed by atoms with E-state index in [1.54, 1.807) is 25.3 Å². The summed E-state index contributed by atoms with van der Waals surface area (Å²) in [5.74, 6) is 0.490. The van der Waals surface area contributed by atoms with Crippen LogP contribution in [0.3, 0.4) is 0 Å². The summed E-state index contributed by atoms with van der Waals surface area (Å²) in [6, 6.07) is 12.6. The lowest BCUT2D eigenvalue weighted by molar-refractivity contribution is -0.120. The predicted molar refractivity (Wildman–Crippen MR) is 107 cm³/mol. The SMILES string of the molecule is COc1ccc(C)cc1NC(=O)c1cccc(NC(=O)C2CCCCC2)c1. The highest BCUT2D eigenvalue weighted by molar-refractivity contribution is 6.06. The first kappa shape index (κ1) is 19.0. The zero-order chi connectivity index (χ0) is 19.2. The molecule has 5 heteroatoms. The normalized spacial score (nSPS) is 14.4. The van der Waals surface area contributed by atoms with Crippen molar-refractivity contribution >= 4 is 23.2 Å². The highest BCUT2D eigenvalue weighted by Gasteiger charge is 2.21. The Balaban J connectivity index is 1.70. The molecule has 1 fully saturated rings. The highest BCUT2D eigenvalue weighted by Crippen LogP contribution is 2.27. The first-order valence-corrected chi connectivity index (χ1v) is 9.44. The second kappa shape index (κ2) is 8.71. The van der Waals surface area contributed by atoms with Crippen molar-refractivity contribution in [3.63, 3.8) is 0 Å². The summed E-state index contributed by atoms with van der Waals surface area (Å²) in [6.07, 6.45) is 5.32. The number of aryl methyl sites for hydroxylation is 1. The fourth-order valence-electron chi connectivity index (χ4n) is 3.46. The van der Waals surface area contributed by atoms with E-state index in [4.69, 9.17) is 4.74 Å². The van der Waals surface area contributed by atoms with E-state index < -0.39 is 0 Å². The number of anilines is 2. The number of rotatable bonds is 5. The van der Waals surface area contributed by atoms with Crippen LogP contribution in [0.25, 0.3) is 0 Å². The van der Waals surface area contributed by atoms with Gasteiger partial charge in [-0.25, -0.2) is 0 Å². The van der Waals surface area contributed by atoms with Crippen LogP contribution in [-0.4, -0.2) is 18.9 Å². The zero-order valence-electron chi connectivity index (χ0n) is 15.9. The molecule has 0 atom stereocenters. The molecule has 1 aliphatic rings. The van der Waals surface area contributed by atoms with Gasteiger partial charge < -0.3 is 15.4 Å². The lowest BCUT2D eigenvalue weighted by atomic mass is 9.88. The molecule has 3 rings (SSSR count). The Kier molecular flexibility index (Phi) is 6.12. The first-order chi connectivity index (χ1) is 13.1. The van der Waals surface area contributed by atoms with E-state index in [2.05, 4.69) is 10.6 Å². The number of methoxy groups -OCH3 is 1. The molecule has 0 bridgehead atoms. The molecule has 0 aromatic heterocycles. The van der Waals surface area contributed by atoms with Crippen molar-refractivity contribution < 1.29 is 14.3 Å². The van der Waals surface area contributed by atoms with Gasteiger partial charge >= 0.3 is 0 Å². The van der Waals surface area contributed by atoms with Gasteiger partial charge in [0.1, 0.15) is 5.75 Å². The molecule has 0 unspecified atom stereocenters. The molecule has 2 N–H and O–H groups in total. The van der Waals surface area contributed by atoms with E-state index >= 15 is 0 Å². The molecule has 0 spiro atoms. The van der Waals surface area contributed by atoms with Gasteiger partial charge in [0.25, 0.3) is 5.91 Å². The van der Waals surface area contributed by atoms with Crippen LogP contribution in [0.4, 0.5) is 11.4 Å². The Labute approximate surface area is 160 Å². The number of ether oxygens (including phenoxy) is 1. The predicted octanol–water partition coefficient (Wildman–Crippen LogP) is 4.77. The largest absolute Gasteiger partial charge is 0.495 e. The summed E-state index contributed by atoms with van der Waals surface area (Å²) in [5, 5.41) is 5.84. The number of benzene rings is 2. The number of carbonyl (C=O) groups excluding carboxylic acids is 2. The average Bonchev–Trinajstić information content (AvgIpc) is 2.69. The second-order valence-electron chi connectivity index (χ2n) is 7.06. The standard InChI is InChI=1S/C22H26N2O3/c1-15-11-12-20(27-2)19(13-15)24-22(26)17-9-6-10-18(14-17)23-21(25)16-7-4-3-5-8-16/h6,9-14,16H,3-5,7-8H2,1-2H3,(H,23,25)(H,24,26). The maximum absolute atomic E-state index is 12.7. The molecule has 1 saturated carbocycles. The van der Waals surface area contributed by atoms with Crippen molar-refractivity contribution in [1.29, 1.82) is 0 Å². The van der Waals surface area contributed by atoms with Gasteiger partial charge in [-0.05, 0) is 55.7 Å². The molecule has 142 valence electrons. The Morgan fingerprint density at radius 2 is 1.78 bits per heavy atom. The van der Waals surface area contributed by atoms with Gasteiger partial charge in [0, 0.05) is 17.2 Å². The van der Waals surface area contributed by atoms with Crippen LogP contribution in [0.2, 0.25) is 0 Å². The maximum Gasteiger partial charge on any atom is 0.255 e. The third-order valence-corrected chi connectivity index (χ3v) is 4.97. The third kappa shape index (κ3) is 4.88. The Bertz CT molecular complexity index is 826. The second-order valence-corrected chi connectivity index (χ2v) is 7.06. The molecule has 27 heavy (non-hydrogen) atoms. The number of hydrogen-bond acceptors (Lipinski definition) is 3. The molecule has 2 aromatic rings. The van der Waals surface area contributed by atoms with Crippen molar-refractivity contribution in [2.45, 2.75) is 39.0 Å². The molecule has 2 amide bonds. The van der Waals surface area contributed by atoms with Crippen LogP contribution in [0.5, 0.6) is 5.75 Å². The first-order valence-electron chi connectivity index (χ1n) is 9.44. The van der Waals surface area contributed by atoms with Gasteiger partial charge in [-0.3, -0.25) is 9.59 Å². The maximum atomic E-state index is 12.7. The van der Waals surface area contributed by atoms with Gasteiger partial charge in [-0.15, -0.1) is 0 Å². The summed E-state index contributed by atoms with van der Waals surface area (Å²) in [7, 11) is 1.57. The molecule has 1 aliphatic carbocycles. The Morgan fingerprint density at radius 1 is 1.00 bits per heavy atom. The van der Waals surface area contributed by atoms with Gasteiger partial charge in [-0.2, -0.15) is 0 Å². The third-order valence-electron chi connectivity index (χ3n) is 4.97. The van der Waals surface area contributed by atoms with Crippen LogP contribution in [0.15, 0.2) is 42.5 Å². The van der Waals surface area contributed by atoms with Crippen molar-refractivity contribution in [3.05, 3.63) is 53.6 Å². The van der Waals surface area contributed by atoms with Gasteiger partial charge in [0.2, 0.25) is 5.91 Å². The average molecular weight is 366 g/mol. The number of hydrogen-bond donors (Lipinski definition) is 2. The molecular weight excluding hydrogens is 340 g/mol. The van der Waals surface area contributed by atoms with E-state index in [0.717, 1.165) is 31.2 Å². The summed E-state index contributed by atoms with van der Waals surface area (Å²) >= 11 is 0. The Hall–Kier alpha value is -2.82. The van der Waals surface area contributed by atoms with Gasteiger partial charge in [-0.1, -0.05) is 31.4 Å². The number of amides is 2. The molecule has 0 aliphatic heterocycles. The minimum Gasteiger partial charge on any atom is -0.495 e. The van der Waals surface area contributed by atoms with Crippen LogP contribution in [-0.2, 0) is 4.79 Å². The van der Waals surface area contributed by atoms with Crippen molar-refractivity contribution in [2.24, 2.45) is 5.92 Å². The summed E-state index contributed by atoms with van der Waals surface area (Å²) in [4.78, 5) is 25.1. The van der Waals surface area contributed by atoms with Crippen molar-refractivity contribution in [3.8, 4) is 5.75 Å². The van der Waals surface area contributed by atoms with Crippen LogP contribution < -0.4 is 15.4 Å². The topological polar surface area (TPSA) is 67.4 Å². The lowest BCUT2D eigenvalue weighted by Crippen LogP contribution is -2.24. The molecule has 0 heterocycles. The van der Waals surface area contributed by atoms with Gasteiger partial charge in [0.05, 0.1) is 12.8 Å². The fraction of sp³-hybridized carbons (Fsp3) is 0.364. The molecule has 0 radical (unpaired) electrons. The van der Waals surface area contributed by atoms with E-state index in [-0.39, 0.29) is 17.7 Å². The van der Waals surface area contributed by atoms with Crippen LogP contribution in [0, 0.1) is 12.8 Å².